The molecule has 1 aromatic carbocycles. The first-order valence-corrected chi connectivity index (χ1v) is 7.51. The maximum Gasteiger partial charge on any atom is 0.222 e. The molecule has 1 N–H and O–H groups in total. The highest BCUT2D eigenvalue weighted by atomic mass is 16.5. The standard InChI is InChI=1S/C17H25NO3/c1-17(2)9-8-16(20)18(11-10-17)12-15(19)13-4-6-14(21-3)7-5-13/h4-7,15,19H,8-12H2,1-3H3. The van der Waals surface area contributed by atoms with Crippen LogP contribution in [-0.4, -0.2) is 36.1 Å². The Hall–Kier alpha value is -1.55. The summed E-state index contributed by atoms with van der Waals surface area (Å²) in [6.07, 6.45) is 1.82. The predicted molar refractivity (Wildman–Crippen MR) is 82.2 cm³/mol. The van der Waals surface area contributed by atoms with Gasteiger partial charge in [0.05, 0.1) is 19.8 Å². The Bertz CT molecular complexity index is 481. The fraction of sp³-hybridized carbons (Fsp3) is 0.588. The molecule has 0 aliphatic carbocycles. The minimum absolute atomic E-state index is 0.146. The van der Waals surface area contributed by atoms with Gasteiger partial charge < -0.3 is 14.7 Å². The van der Waals surface area contributed by atoms with Crippen LogP contribution in [0.1, 0.15) is 44.8 Å². The largest absolute Gasteiger partial charge is 0.497 e. The summed E-state index contributed by atoms with van der Waals surface area (Å²) in [7, 11) is 1.61. The number of methoxy groups -OCH3 is 1. The van der Waals surface area contributed by atoms with E-state index in [0.29, 0.717) is 13.0 Å². The fourth-order valence-corrected chi connectivity index (χ4v) is 2.62. The normalized spacial score (nSPS) is 20.0. The molecule has 1 amide bonds. The molecule has 21 heavy (non-hydrogen) atoms. The minimum atomic E-state index is -0.652. The van der Waals surface area contributed by atoms with E-state index in [0.717, 1.165) is 30.7 Å². The summed E-state index contributed by atoms with van der Waals surface area (Å²) in [5, 5.41) is 10.3. The molecule has 116 valence electrons. The topological polar surface area (TPSA) is 49.8 Å². The summed E-state index contributed by atoms with van der Waals surface area (Å²) in [5.41, 5.74) is 1.02. The van der Waals surface area contributed by atoms with Gasteiger partial charge in [0.2, 0.25) is 5.91 Å². The van der Waals surface area contributed by atoms with Crippen molar-refractivity contribution in [1.82, 2.24) is 4.90 Å². The number of ether oxygens (including phenoxy) is 1. The van der Waals surface area contributed by atoms with E-state index in [1.54, 1.807) is 12.0 Å². The van der Waals surface area contributed by atoms with Crippen LogP contribution in [0.5, 0.6) is 5.75 Å². The number of likely N-dealkylation sites (tertiary alicyclic amines) is 1. The molecule has 1 fully saturated rings. The summed E-state index contributed by atoms with van der Waals surface area (Å²) in [4.78, 5) is 14.0. The molecule has 1 heterocycles. The predicted octanol–water partition coefficient (Wildman–Crippen LogP) is 2.77. The molecule has 4 heteroatoms. The number of hydrogen-bond acceptors (Lipinski definition) is 3. The molecule has 0 spiro atoms. The number of β-amino-alcohol motifs (C(OH)–C–C–N with tert-alkyl or cyclic N) is 1. The Kier molecular flexibility index (Phi) is 4.88. The van der Waals surface area contributed by atoms with E-state index in [1.165, 1.54) is 0 Å². The summed E-state index contributed by atoms with van der Waals surface area (Å²) < 4.78 is 5.11. The molecule has 2 rings (SSSR count). The number of carbonyl (C=O) groups is 1. The van der Waals surface area contributed by atoms with Gasteiger partial charge in [-0.2, -0.15) is 0 Å². The SMILES string of the molecule is COc1ccc(C(O)CN2CCC(C)(C)CCC2=O)cc1. The van der Waals surface area contributed by atoms with Crippen molar-refractivity contribution in [2.24, 2.45) is 5.41 Å². The van der Waals surface area contributed by atoms with Crippen LogP contribution < -0.4 is 4.74 Å². The van der Waals surface area contributed by atoms with Gasteiger partial charge in [-0.3, -0.25) is 4.79 Å². The molecular formula is C17H25NO3. The second-order valence-electron chi connectivity index (χ2n) is 6.54. The number of carbonyl (C=O) groups excluding carboxylic acids is 1. The summed E-state index contributed by atoms with van der Waals surface area (Å²) in [5.74, 6) is 0.909. The lowest BCUT2D eigenvalue weighted by Gasteiger charge is -2.25. The summed E-state index contributed by atoms with van der Waals surface area (Å²) >= 11 is 0. The second kappa shape index (κ2) is 6.48. The van der Waals surface area contributed by atoms with Gasteiger partial charge in [0.15, 0.2) is 0 Å². The van der Waals surface area contributed by atoms with E-state index < -0.39 is 6.10 Å². The first kappa shape index (κ1) is 15.8. The van der Waals surface area contributed by atoms with Crippen LogP contribution in [0.4, 0.5) is 0 Å². The molecule has 1 aliphatic heterocycles. The van der Waals surface area contributed by atoms with E-state index in [1.807, 2.05) is 24.3 Å². The molecule has 0 aromatic heterocycles. The Morgan fingerprint density at radius 3 is 2.57 bits per heavy atom. The third kappa shape index (κ3) is 4.21. The lowest BCUT2D eigenvalue weighted by Crippen LogP contribution is -2.34. The van der Waals surface area contributed by atoms with E-state index in [4.69, 9.17) is 4.74 Å². The van der Waals surface area contributed by atoms with Gasteiger partial charge in [0.1, 0.15) is 5.75 Å². The van der Waals surface area contributed by atoms with Crippen LogP contribution in [0.15, 0.2) is 24.3 Å². The second-order valence-corrected chi connectivity index (χ2v) is 6.54. The molecule has 0 saturated carbocycles. The zero-order valence-electron chi connectivity index (χ0n) is 13.1. The monoisotopic (exact) mass is 291 g/mol. The van der Waals surface area contributed by atoms with Gasteiger partial charge in [0, 0.05) is 13.0 Å². The van der Waals surface area contributed by atoms with Crippen molar-refractivity contribution >= 4 is 5.91 Å². The van der Waals surface area contributed by atoms with Gasteiger partial charge >= 0.3 is 0 Å². The molecule has 0 bridgehead atoms. The zero-order chi connectivity index (χ0) is 15.5. The van der Waals surface area contributed by atoms with E-state index >= 15 is 0 Å². The van der Waals surface area contributed by atoms with Gasteiger partial charge in [-0.1, -0.05) is 26.0 Å². The maximum atomic E-state index is 12.2. The number of aliphatic hydroxyl groups is 1. The van der Waals surface area contributed by atoms with Crippen molar-refractivity contribution in [2.45, 2.75) is 39.2 Å². The van der Waals surface area contributed by atoms with E-state index in [-0.39, 0.29) is 11.3 Å². The molecule has 1 saturated heterocycles. The van der Waals surface area contributed by atoms with Crippen LogP contribution in [0, 0.1) is 5.41 Å². The average Bonchev–Trinajstić information content (AvgIpc) is 2.60. The number of nitrogens with zero attached hydrogens (tertiary/aromatic N) is 1. The van der Waals surface area contributed by atoms with E-state index in [2.05, 4.69) is 13.8 Å². The fourth-order valence-electron chi connectivity index (χ4n) is 2.62. The molecule has 0 radical (unpaired) electrons. The van der Waals surface area contributed by atoms with Gasteiger partial charge in [-0.15, -0.1) is 0 Å². The van der Waals surface area contributed by atoms with Crippen molar-refractivity contribution in [3.05, 3.63) is 29.8 Å². The van der Waals surface area contributed by atoms with Gasteiger partial charge in [-0.05, 0) is 36.0 Å². The number of amides is 1. The quantitative estimate of drug-likeness (QED) is 0.928. The van der Waals surface area contributed by atoms with Crippen LogP contribution >= 0.6 is 0 Å². The molecule has 1 aromatic rings. The van der Waals surface area contributed by atoms with Crippen LogP contribution in [0.3, 0.4) is 0 Å². The van der Waals surface area contributed by atoms with Gasteiger partial charge in [0.25, 0.3) is 0 Å². The molecule has 1 unspecified atom stereocenters. The smallest absolute Gasteiger partial charge is 0.222 e. The van der Waals surface area contributed by atoms with Crippen molar-refractivity contribution < 1.29 is 14.6 Å². The first-order chi connectivity index (χ1) is 9.91. The highest BCUT2D eigenvalue weighted by molar-refractivity contribution is 5.76. The Morgan fingerprint density at radius 1 is 1.29 bits per heavy atom. The summed E-state index contributed by atoms with van der Waals surface area (Å²) in [6, 6.07) is 7.34. The van der Waals surface area contributed by atoms with Gasteiger partial charge in [-0.25, -0.2) is 0 Å². The van der Waals surface area contributed by atoms with Crippen molar-refractivity contribution in [1.29, 1.82) is 0 Å². The molecule has 4 nitrogen and oxygen atoms in total. The number of aliphatic hydroxyl groups excluding tert-OH is 1. The molecular weight excluding hydrogens is 266 g/mol. The highest BCUT2D eigenvalue weighted by Gasteiger charge is 2.28. The molecule has 1 atom stereocenters. The highest BCUT2D eigenvalue weighted by Crippen LogP contribution is 2.31. The van der Waals surface area contributed by atoms with E-state index in [9.17, 15) is 9.90 Å². The number of rotatable bonds is 4. The van der Waals surface area contributed by atoms with Crippen LogP contribution in [0.2, 0.25) is 0 Å². The van der Waals surface area contributed by atoms with Crippen LogP contribution in [-0.2, 0) is 4.79 Å². The zero-order valence-corrected chi connectivity index (χ0v) is 13.1. The lowest BCUT2D eigenvalue weighted by molar-refractivity contribution is -0.132. The third-order valence-electron chi connectivity index (χ3n) is 4.32. The van der Waals surface area contributed by atoms with Crippen molar-refractivity contribution in [3.63, 3.8) is 0 Å². The van der Waals surface area contributed by atoms with Crippen LogP contribution in [0.25, 0.3) is 0 Å². The summed E-state index contributed by atoms with van der Waals surface area (Å²) in [6.45, 7) is 5.48. The Balaban J connectivity index is 2.00. The third-order valence-corrected chi connectivity index (χ3v) is 4.32. The number of benzene rings is 1. The lowest BCUT2D eigenvalue weighted by atomic mass is 9.85. The molecule has 1 aliphatic rings. The minimum Gasteiger partial charge on any atom is -0.497 e. The Morgan fingerprint density at radius 2 is 1.95 bits per heavy atom. The maximum absolute atomic E-state index is 12.2. The average molecular weight is 291 g/mol. The Labute approximate surface area is 126 Å². The van der Waals surface area contributed by atoms with Crippen molar-refractivity contribution in [3.8, 4) is 5.75 Å². The van der Waals surface area contributed by atoms with Crippen molar-refractivity contribution in [2.75, 3.05) is 20.2 Å². The first-order valence-electron chi connectivity index (χ1n) is 7.51. The number of hydrogen-bond donors (Lipinski definition) is 1.